The van der Waals surface area contributed by atoms with E-state index in [0.717, 1.165) is 11.3 Å². The number of anilines is 1. The van der Waals surface area contributed by atoms with Crippen molar-refractivity contribution in [2.45, 2.75) is 6.92 Å². The molecule has 3 rings (SSSR count). The Hall–Kier alpha value is -3.80. The smallest absolute Gasteiger partial charge is 0.355 e. The Morgan fingerprint density at radius 1 is 0.793 bits per heavy atom. The number of rotatable bonds is 5. The number of ether oxygens (including phenoxy) is 3. The predicted octanol–water partition coefficient (Wildman–Crippen LogP) is 4.28. The van der Waals surface area contributed by atoms with Gasteiger partial charge < -0.3 is 19.1 Å². The Bertz CT molecular complexity index is 985. The molecule has 0 bridgehead atoms. The molecule has 0 atom stereocenters. The van der Waals surface area contributed by atoms with Gasteiger partial charge in [-0.15, -0.1) is 0 Å². The van der Waals surface area contributed by atoms with E-state index >= 15 is 0 Å². The van der Waals surface area contributed by atoms with Crippen LogP contribution in [0.1, 0.15) is 5.56 Å². The van der Waals surface area contributed by atoms with Crippen LogP contribution in [0, 0.1) is 6.92 Å². The largest absolute Gasteiger partial charge is 0.465 e. The topological polar surface area (TPSA) is 65.1 Å². The molecule has 0 spiro atoms. The molecule has 2 aromatic carbocycles. The van der Waals surface area contributed by atoms with Gasteiger partial charge in [-0.1, -0.05) is 23.8 Å². The molecule has 1 aliphatic heterocycles. The summed E-state index contributed by atoms with van der Waals surface area (Å²) in [6.07, 6.45) is 6.57. The SMILES string of the molecule is COC(=O)C1=C(C(=O)OC)N(c2ccc(Oc3ccc(C)cc3)cc2)C=CC=C1. The maximum absolute atomic E-state index is 12.4. The van der Waals surface area contributed by atoms with Crippen molar-refractivity contribution < 1.29 is 23.8 Å². The minimum absolute atomic E-state index is 0.0663. The molecular formula is C23H21NO5. The second kappa shape index (κ2) is 8.93. The zero-order valence-electron chi connectivity index (χ0n) is 16.4. The van der Waals surface area contributed by atoms with Gasteiger partial charge in [0, 0.05) is 11.9 Å². The Labute approximate surface area is 169 Å². The van der Waals surface area contributed by atoms with Gasteiger partial charge in [-0.3, -0.25) is 0 Å². The van der Waals surface area contributed by atoms with Crippen molar-refractivity contribution in [3.63, 3.8) is 0 Å². The third-order valence-electron chi connectivity index (χ3n) is 4.26. The van der Waals surface area contributed by atoms with E-state index in [2.05, 4.69) is 0 Å². The highest BCUT2D eigenvalue weighted by Crippen LogP contribution is 2.29. The highest BCUT2D eigenvalue weighted by atomic mass is 16.5. The van der Waals surface area contributed by atoms with Crippen LogP contribution in [0.4, 0.5) is 5.69 Å². The molecule has 0 saturated carbocycles. The molecule has 0 amide bonds. The molecule has 0 aromatic heterocycles. The van der Waals surface area contributed by atoms with Crippen LogP contribution in [-0.4, -0.2) is 26.2 Å². The van der Waals surface area contributed by atoms with Crippen molar-refractivity contribution in [2.24, 2.45) is 0 Å². The molecule has 1 heterocycles. The van der Waals surface area contributed by atoms with Gasteiger partial charge in [0.2, 0.25) is 0 Å². The zero-order valence-corrected chi connectivity index (χ0v) is 16.4. The first-order valence-corrected chi connectivity index (χ1v) is 8.93. The summed E-state index contributed by atoms with van der Waals surface area (Å²) in [4.78, 5) is 26.2. The first kappa shape index (κ1) is 19.9. The summed E-state index contributed by atoms with van der Waals surface area (Å²) in [7, 11) is 2.52. The lowest BCUT2D eigenvalue weighted by molar-refractivity contribution is -0.139. The lowest BCUT2D eigenvalue weighted by Gasteiger charge is -2.23. The van der Waals surface area contributed by atoms with E-state index in [4.69, 9.17) is 14.2 Å². The van der Waals surface area contributed by atoms with Crippen LogP contribution in [0.5, 0.6) is 11.5 Å². The third kappa shape index (κ3) is 4.55. The number of hydrogen-bond donors (Lipinski definition) is 0. The van der Waals surface area contributed by atoms with Crippen molar-refractivity contribution in [2.75, 3.05) is 19.1 Å². The number of benzene rings is 2. The quantitative estimate of drug-likeness (QED) is 0.709. The van der Waals surface area contributed by atoms with Gasteiger partial charge in [-0.05, 0) is 55.5 Å². The summed E-state index contributed by atoms with van der Waals surface area (Å²) in [5, 5.41) is 0. The number of carbonyl (C=O) groups excluding carboxylic acids is 2. The monoisotopic (exact) mass is 391 g/mol. The third-order valence-corrected chi connectivity index (χ3v) is 4.26. The first-order valence-electron chi connectivity index (χ1n) is 8.93. The fraction of sp³-hybridized carbons (Fsp3) is 0.130. The Kier molecular flexibility index (Phi) is 6.14. The highest BCUT2D eigenvalue weighted by Gasteiger charge is 2.27. The van der Waals surface area contributed by atoms with Gasteiger partial charge in [-0.25, -0.2) is 9.59 Å². The van der Waals surface area contributed by atoms with Gasteiger partial charge in [-0.2, -0.15) is 0 Å². The Morgan fingerprint density at radius 3 is 1.97 bits per heavy atom. The maximum Gasteiger partial charge on any atom is 0.355 e. The van der Waals surface area contributed by atoms with Crippen LogP contribution in [0.3, 0.4) is 0 Å². The molecular weight excluding hydrogens is 370 g/mol. The lowest BCUT2D eigenvalue weighted by atomic mass is 10.1. The molecule has 0 fully saturated rings. The number of carbonyl (C=O) groups is 2. The number of hydrogen-bond acceptors (Lipinski definition) is 6. The van der Waals surface area contributed by atoms with Crippen LogP contribution in [0.2, 0.25) is 0 Å². The second-order valence-electron chi connectivity index (χ2n) is 6.23. The summed E-state index contributed by atoms with van der Waals surface area (Å²) < 4.78 is 15.6. The molecule has 0 unspecified atom stereocenters. The summed E-state index contributed by atoms with van der Waals surface area (Å²) in [6, 6.07) is 14.9. The first-order chi connectivity index (χ1) is 14.0. The predicted molar refractivity (Wildman–Crippen MR) is 110 cm³/mol. The Morgan fingerprint density at radius 2 is 1.38 bits per heavy atom. The van der Waals surface area contributed by atoms with Crippen LogP contribution < -0.4 is 9.64 Å². The molecule has 148 valence electrons. The van der Waals surface area contributed by atoms with Gasteiger partial charge in [0.15, 0.2) is 0 Å². The number of allylic oxidation sites excluding steroid dienone is 2. The van der Waals surface area contributed by atoms with Crippen molar-refractivity contribution in [1.82, 2.24) is 0 Å². The van der Waals surface area contributed by atoms with Crippen LogP contribution in [0.15, 0.2) is 84.2 Å². The van der Waals surface area contributed by atoms with E-state index < -0.39 is 11.9 Å². The average Bonchev–Trinajstić information content (AvgIpc) is 2.98. The molecule has 29 heavy (non-hydrogen) atoms. The summed E-state index contributed by atoms with van der Waals surface area (Å²) in [5.41, 5.74) is 1.97. The number of aryl methyl sites for hydroxylation is 1. The molecule has 0 N–H and O–H groups in total. The lowest BCUT2D eigenvalue weighted by Crippen LogP contribution is -2.26. The minimum atomic E-state index is -0.651. The van der Waals surface area contributed by atoms with Crippen molar-refractivity contribution in [1.29, 1.82) is 0 Å². The standard InChI is InChI=1S/C23H21NO5/c1-16-7-11-18(12-8-16)29-19-13-9-17(10-14-19)24-15-5-4-6-20(22(25)27-2)21(24)23(26)28-3/h4-15H,1-3H3. The average molecular weight is 391 g/mol. The molecule has 6 heteroatoms. The summed E-state index contributed by atoms with van der Waals surface area (Å²) in [6.45, 7) is 2.01. The van der Waals surface area contributed by atoms with Crippen LogP contribution >= 0.6 is 0 Å². The van der Waals surface area contributed by atoms with Crippen LogP contribution in [0.25, 0.3) is 0 Å². The fourth-order valence-electron chi connectivity index (χ4n) is 2.78. The van der Waals surface area contributed by atoms with Gasteiger partial charge in [0.25, 0.3) is 0 Å². The summed E-state index contributed by atoms with van der Waals surface area (Å²) >= 11 is 0. The van der Waals surface area contributed by atoms with Gasteiger partial charge in [0.05, 0.1) is 19.8 Å². The second-order valence-corrected chi connectivity index (χ2v) is 6.23. The van der Waals surface area contributed by atoms with E-state index in [1.165, 1.54) is 20.3 Å². The van der Waals surface area contributed by atoms with Crippen molar-refractivity contribution in [3.05, 3.63) is 89.8 Å². The Balaban J connectivity index is 1.93. The maximum atomic E-state index is 12.4. The van der Waals surface area contributed by atoms with E-state index in [1.807, 2.05) is 31.2 Å². The van der Waals surface area contributed by atoms with Crippen molar-refractivity contribution in [3.8, 4) is 11.5 Å². The highest BCUT2D eigenvalue weighted by molar-refractivity contribution is 6.05. The number of methoxy groups -OCH3 is 2. The number of esters is 2. The van der Waals surface area contributed by atoms with E-state index in [-0.39, 0.29) is 11.3 Å². The molecule has 2 aromatic rings. The van der Waals surface area contributed by atoms with Crippen molar-refractivity contribution >= 4 is 17.6 Å². The minimum Gasteiger partial charge on any atom is -0.465 e. The van der Waals surface area contributed by atoms with E-state index in [0.29, 0.717) is 11.4 Å². The normalized spacial score (nSPS) is 13.1. The fourth-order valence-corrected chi connectivity index (χ4v) is 2.78. The molecule has 0 saturated heterocycles. The van der Waals surface area contributed by atoms with E-state index in [9.17, 15) is 9.59 Å². The molecule has 1 aliphatic rings. The molecule has 6 nitrogen and oxygen atoms in total. The summed E-state index contributed by atoms with van der Waals surface area (Å²) in [5.74, 6) is 0.0907. The number of nitrogens with zero attached hydrogens (tertiary/aromatic N) is 1. The zero-order chi connectivity index (χ0) is 20.8. The van der Waals surface area contributed by atoms with Gasteiger partial charge in [0.1, 0.15) is 17.2 Å². The van der Waals surface area contributed by atoms with Gasteiger partial charge >= 0.3 is 11.9 Å². The van der Waals surface area contributed by atoms with Crippen LogP contribution in [-0.2, 0) is 19.1 Å². The van der Waals surface area contributed by atoms with E-state index in [1.54, 1.807) is 47.5 Å². The molecule has 0 radical (unpaired) electrons. The molecule has 0 aliphatic carbocycles.